The van der Waals surface area contributed by atoms with Crippen LogP contribution in [0, 0.1) is 10.1 Å². The Hall–Kier alpha value is -4.68. The average Bonchev–Trinajstić information content (AvgIpc) is 3.20. The van der Waals surface area contributed by atoms with Gasteiger partial charge in [-0.2, -0.15) is 9.78 Å². The lowest BCUT2D eigenvalue weighted by molar-refractivity contribution is -0.394. The van der Waals surface area contributed by atoms with E-state index in [1.807, 2.05) is 0 Å². The minimum absolute atomic E-state index is 0.117. The number of carbonyl (C=O) groups excluding carboxylic acids is 1. The minimum atomic E-state index is -0.733. The molecule has 1 amide bonds. The molecule has 0 saturated heterocycles. The van der Waals surface area contributed by atoms with Crippen LogP contribution in [-0.4, -0.2) is 54.2 Å². The number of amides is 1. The molecule has 0 spiro atoms. The van der Waals surface area contributed by atoms with Crippen molar-refractivity contribution in [2.75, 3.05) is 7.11 Å². The lowest BCUT2D eigenvalue weighted by Crippen LogP contribution is -2.17. The summed E-state index contributed by atoms with van der Waals surface area (Å²) < 4.78 is 6.56. The van der Waals surface area contributed by atoms with Crippen molar-refractivity contribution in [3.63, 3.8) is 0 Å². The Bertz CT molecular complexity index is 1150. The minimum Gasteiger partial charge on any atom is -0.504 e. The summed E-state index contributed by atoms with van der Waals surface area (Å²) in [6, 6.07) is 6.95. The van der Waals surface area contributed by atoms with Crippen LogP contribution in [0.1, 0.15) is 21.5 Å². The Kier molecular flexibility index (Phi) is 5.95. The number of hydrogen-bond acceptors (Lipinski definition) is 10. The quantitative estimate of drug-likeness (QED) is 0.185. The normalized spacial score (nSPS) is 10.9. The first-order chi connectivity index (χ1) is 14.8. The highest BCUT2D eigenvalue weighted by molar-refractivity contribution is 5.96. The van der Waals surface area contributed by atoms with E-state index in [9.17, 15) is 30.2 Å². The zero-order valence-electron chi connectivity index (χ0n) is 16.0. The van der Waals surface area contributed by atoms with E-state index in [1.165, 1.54) is 24.3 Å². The summed E-state index contributed by atoms with van der Waals surface area (Å²) in [5, 5.41) is 46.6. The Balaban J connectivity index is 1.74. The monoisotopic (exact) mass is 428 g/mol. The molecule has 4 N–H and O–H groups in total. The lowest BCUT2D eigenvalue weighted by atomic mass is 10.1. The number of phenolic OH excluding ortho intramolecular Hbond substituents is 3. The van der Waals surface area contributed by atoms with E-state index in [0.717, 1.165) is 12.1 Å². The van der Waals surface area contributed by atoms with E-state index in [4.69, 9.17) is 4.74 Å². The number of phenols is 3. The fourth-order valence-corrected chi connectivity index (χ4v) is 2.59. The maximum Gasteiger partial charge on any atom is 0.490 e. The van der Waals surface area contributed by atoms with Gasteiger partial charge in [-0.15, -0.1) is 0 Å². The van der Waals surface area contributed by atoms with Gasteiger partial charge in [-0.05, 0) is 40.8 Å². The Morgan fingerprint density at radius 3 is 2.61 bits per heavy atom. The molecule has 0 atom stereocenters. The van der Waals surface area contributed by atoms with Gasteiger partial charge in [0.25, 0.3) is 5.91 Å². The molecular weight excluding hydrogens is 412 g/mol. The second-order valence-corrected chi connectivity index (χ2v) is 6.13. The zero-order chi connectivity index (χ0) is 22.5. The van der Waals surface area contributed by atoms with Crippen LogP contribution in [0.3, 0.4) is 0 Å². The second kappa shape index (κ2) is 8.77. The summed E-state index contributed by atoms with van der Waals surface area (Å²) in [5.41, 5.74) is 3.31. The molecule has 0 saturated carbocycles. The molecule has 0 bridgehead atoms. The molecule has 2 aromatic carbocycles. The number of benzene rings is 2. The molecule has 3 aromatic rings. The van der Waals surface area contributed by atoms with Crippen molar-refractivity contribution in [1.29, 1.82) is 0 Å². The fraction of sp³-hybridized carbons (Fsp3) is 0.111. The molecular formula is C18H16N6O7. The average molecular weight is 428 g/mol. The summed E-state index contributed by atoms with van der Waals surface area (Å²) in [7, 11) is 1.47. The molecule has 13 heteroatoms. The van der Waals surface area contributed by atoms with Crippen molar-refractivity contribution in [3.05, 3.63) is 63.5 Å². The summed E-state index contributed by atoms with van der Waals surface area (Å²) >= 11 is 0. The number of methoxy groups -OCH3 is 1. The number of rotatable bonds is 7. The largest absolute Gasteiger partial charge is 0.504 e. The first-order valence-electron chi connectivity index (χ1n) is 8.57. The number of nitro groups is 1. The lowest BCUT2D eigenvalue weighted by Gasteiger charge is -2.08. The van der Waals surface area contributed by atoms with Crippen LogP contribution in [0.4, 0.5) is 5.95 Å². The highest BCUT2D eigenvalue weighted by atomic mass is 16.6. The first-order valence-corrected chi connectivity index (χ1v) is 8.57. The number of carbonyl (C=O) groups is 1. The van der Waals surface area contributed by atoms with Crippen LogP contribution in [-0.2, 0) is 6.54 Å². The van der Waals surface area contributed by atoms with Crippen molar-refractivity contribution in [2.24, 2.45) is 5.10 Å². The van der Waals surface area contributed by atoms with E-state index in [-0.39, 0.29) is 12.1 Å². The molecule has 1 aromatic heterocycles. The van der Waals surface area contributed by atoms with Gasteiger partial charge in [0, 0.05) is 16.2 Å². The molecule has 1 heterocycles. The molecule has 13 nitrogen and oxygen atoms in total. The third-order valence-electron chi connectivity index (χ3n) is 4.04. The van der Waals surface area contributed by atoms with Crippen molar-refractivity contribution in [2.45, 2.75) is 6.54 Å². The Morgan fingerprint density at radius 1 is 1.29 bits per heavy atom. The van der Waals surface area contributed by atoms with Crippen LogP contribution in [0.2, 0.25) is 0 Å². The first kappa shape index (κ1) is 21.0. The Labute approximate surface area is 174 Å². The number of ether oxygens (including phenoxy) is 1. The smallest absolute Gasteiger partial charge is 0.490 e. The summed E-state index contributed by atoms with van der Waals surface area (Å²) in [5.74, 6) is -2.78. The van der Waals surface area contributed by atoms with E-state index in [0.29, 0.717) is 16.9 Å². The van der Waals surface area contributed by atoms with Gasteiger partial charge in [0.2, 0.25) is 6.33 Å². The van der Waals surface area contributed by atoms with Crippen LogP contribution < -0.4 is 10.2 Å². The van der Waals surface area contributed by atoms with Crippen LogP contribution >= 0.6 is 0 Å². The van der Waals surface area contributed by atoms with Crippen LogP contribution in [0.5, 0.6) is 23.0 Å². The predicted molar refractivity (Wildman–Crippen MR) is 105 cm³/mol. The van der Waals surface area contributed by atoms with Gasteiger partial charge in [-0.25, -0.2) is 5.43 Å². The number of aromatic nitrogens is 3. The highest BCUT2D eigenvalue weighted by Gasteiger charge is 2.15. The molecule has 0 aliphatic carbocycles. The van der Waals surface area contributed by atoms with Gasteiger partial charge in [0.05, 0.1) is 19.9 Å². The molecule has 0 radical (unpaired) electrons. The standard InChI is InChI=1S/C18H16N6O7/c1-31-15-3-2-10(4-12(15)8-23-9-19-18(22-23)24(29)30)7-20-21-17(28)11-5-13(25)16(27)14(26)6-11/h2-7,9,25-27H,8H2,1H3,(H,21,28). The molecule has 0 fully saturated rings. The van der Waals surface area contributed by atoms with Crippen LogP contribution in [0.15, 0.2) is 41.8 Å². The van der Waals surface area contributed by atoms with Crippen molar-refractivity contribution >= 4 is 18.1 Å². The highest BCUT2D eigenvalue weighted by Crippen LogP contribution is 2.35. The van der Waals surface area contributed by atoms with Crippen molar-refractivity contribution in [1.82, 2.24) is 20.2 Å². The van der Waals surface area contributed by atoms with Gasteiger partial charge >= 0.3 is 5.95 Å². The molecule has 0 unspecified atom stereocenters. The van der Waals surface area contributed by atoms with Gasteiger partial charge in [-0.3, -0.25) is 4.79 Å². The van der Waals surface area contributed by atoms with E-state index in [2.05, 4.69) is 20.6 Å². The van der Waals surface area contributed by atoms with Gasteiger partial charge in [-0.1, -0.05) is 4.98 Å². The number of aromatic hydroxyl groups is 3. The second-order valence-electron chi connectivity index (χ2n) is 6.13. The number of hydrogen-bond donors (Lipinski definition) is 4. The molecule has 31 heavy (non-hydrogen) atoms. The molecule has 3 rings (SSSR count). The maximum absolute atomic E-state index is 12.1. The molecule has 160 valence electrons. The fourth-order valence-electron chi connectivity index (χ4n) is 2.59. The predicted octanol–water partition coefficient (Wildman–Crippen LogP) is 1.12. The van der Waals surface area contributed by atoms with Crippen LogP contribution in [0.25, 0.3) is 0 Å². The van der Waals surface area contributed by atoms with E-state index >= 15 is 0 Å². The number of nitrogens with one attached hydrogen (secondary N) is 1. The summed E-state index contributed by atoms with van der Waals surface area (Å²) in [6.07, 6.45) is 2.56. The number of nitrogens with zero attached hydrogens (tertiary/aromatic N) is 5. The van der Waals surface area contributed by atoms with Gasteiger partial charge in [0.15, 0.2) is 17.2 Å². The molecule has 0 aliphatic heterocycles. The van der Waals surface area contributed by atoms with E-state index in [1.54, 1.807) is 18.2 Å². The third kappa shape index (κ3) is 4.84. The summed E-state index contributed by atoms with van der Waals surface area (Å²) in [4.78, 5) is 25.7. The van der Waals surface area contributed by atoms with Crippen molar-refractivity contribution < 1.29 is 29.8 Å². The van der Waals surface area contributed by atoms with E-state index < -0.39 is 34.0 Å². The van der Waals surface area contributed by atoms with Crippen molar-refractivity contribution in [3.8, 4) is 23.0 Å². The van der Waals surface area contributed by atoms with Gasteiger partial charge < -0.3 is 30.2 Å². The zero-order valence-corrected chi connectivity index (χ0v) is 16.0. The maximum atomic E-state index is 12.1. The topological polar surface area (TPSA) is 185 Å². The molecule has 0 aliphatic rings. The third-order valence-corrected chi connectivity index (χ3v) is 4.04. The Morgan fingerprint density at radius 2 is 2.00 bits per heavy atom. The summed E-state index contributed by atoms with van der Waals surface area (Å²) in [6.45, 7) is 0.143. The van der Waals surface area contributed by atoms with Gasteiger partial charge in [0.1, 0.15) is 5.75 Å². The number of hydrazone groups is 1. The SMILES string of the molecule is COc1ccc(C=NNC(=O)c2cc(O)c(O)c(O)c2)cc1Cn1cnc([N+](=O)[O-])n1.